The summed E-state index contributed by atoms with van der Waals surface area (Å²) in [6.45, 7) is 4.95. The predicted octanol–water partition coefficient (Wildman–Crippen LogP) is 1.69. The minimum absolute atomic E-state index is 0.147. The van der Waals surface area contributed by atoms with Crippen molar-refractivity contribution in [3.8, 4) is 5.88 Å². The Morgan fingerprint density at radius 2 is 2.30 bits per heavy atom. The molecule has 0 saturated heterocycles. The van der Waals surface area contributed by atoms with E-state index in [1.54, 1.807) is 12.3 Å². The molecule has 20 heavy (non-hydrogen) atoms. The van der Waals surface area contributed by atoms with Gasteiger partial charge < -0.3 is 15.5 Å². The van der Waals surface area contributed by atoms with Crippen molar-refractivity contribution in [3.05, 3.63) is 30.2 Å². The number of hydrogen-bond donors (Lipinski definition) is 2. The van der Waals surface area contributed by atoms with Crippen molar-refractivity contribution in [2.24, 2.45) is 11.7 Å². The lowest BCUT2D eigenvalue weighted by atomic mass is 10.1. The van der Waals surface area contributed by atoms with Crippen LogP contribution >= 0.6 is 0 Å². The number of nitrogens with zero attached hydrogens (tertiary/aromatic N) is 2. The van der Waals surface area contributed by atoms with Gasteiger partial charge in [-0.25, -0.2) is 9.97 Å². The Balaban J connectivity index is 2.41. The molecule has 0 unspecified atom stereocenters. The van der Waals surface area contributed by atoms with Gasteiger partial charge >= 0.3 is 0 Å². The zero-order valence-electron chi connectivity index (χ0n) is 11.6. The zero-order valence-corrected chi connectivity index (χ0v) is 11.6. The van der Waals surface area contributed by atoms with E-state index in [-0.39, 0.29) is 5.78 Å². The molecule has 0 amide bonds. The van der Waals surface area contributed by atoms with Gasteiger partial charge in [-0.2, -0.15) is 0 Å². The minimum atomic E-state index is -0.147. The molecule has 3 N–H and O–H groups in total. The van der Waals surface area contributed by atoms with Crippen molar-refractivity contribution < 1.29 is 9.53 Å². The molecule has 0 atom stereocenters. The lowest BCUT2D eigenvalue weighted by Crippen LogP contribution is -2.07. The molecular weight excluding hydrogens is 256 g/mol. The fourth-order valence-electron chi connectivity index (χ4n) is 1.75. The number of aromatic nitrogens is 3. The molecule has 0 fully saturated rings. The molecule has 6 heteroatoms. The van der Waals surface area contributed by atoms with Gasteiger partial charge in [0, 0.05) is 12.7 Å². The topological polar surface area (TPSA) is 93.9 Å². The van der Waals surface area contributed by atoms with Crippen LogP contribution in [-0.4, -0.2) is 33.9 Å². The van der Waals surface area contributed by atoms with E-state index < -0.39 is 0 Å². The average Bonchev–Trinajstić information content (AvgIpc) is 2.87. The Morgan fingerprint density at radius 1 is 1.50 bits per heavy atom. The number of hydrogen-bond acceptors (Lipinski definition) is 5. The van der Waals surface area contributed by atoms with E-state index >= 15 is 0 Å². The van der Waals surface area contributed by atoms with Crippen molar-refractivity contribution in [1.29, 1.82) is 0 Å². The summed E-state index contributed by atoms with van der Waals surface area (Å²) < 4.78 is 5.66. The minimum Gasteiger partial charge on any atom is -0.477 e. The number of ether oxygens (including phenoxy) is 1. The van der Waals surface area contributed by atoms with Gasteiger partial charge in [0.2, 0.25) is 5.88 Å². The smallest absolute Gasteiger partial charge is 0.226 e. The second kappa shape index (κ2) is 6.29. The van der Waals surface area contributed by atoms with Crippen molar-refractivity contribution in [3.63, 3.8) is 0 Å². The average molecular weight is 274 g/mol. The maximum Gasteiger partial charge on any atom is 0.226 e. The van der Waals surface area contributed by atoms with Crippen LogP contribution < -0.4 is 10.5 Å². The second-order valence-electron chi connectivity index (χ2n) is 4.81. The van der Waals surface area contributed by atoms with Gasteiger partial charge in [0.1, 0.15) is 12.0 Å². The Morgan fingerprint density at radius 3 is 3.00 bits per heavy atom. The lowest BCUT2D eigenvalue weighted by Gasteiger charge is -2.08. The summed E-state index contributed by atoms with van der Waals surface area (Å²) in [6.07, 6.45) is 6.09. The van der Waals surface area contributed by atoms with E-state index in [9.17, 15) is 4.79 Å². The molecular formula is C14H18N4O2. The molecule has 0 aliphatic heterocycles. The SMILES string of the molecule is CC(C)COc1ncnc2[nH]cc(C(=O)/C=C/CN)c12. The number of ketones is 1. The highest BCUT2D eigenvalue weighted by Gasteiger charge is 2.16. The molecule has 2 heterocycles. The third-order valence-electron chi connectivity index (χ3n) is 2.66. The van der Waals surface area contributed by atoms with Crippen LogP contribution in [-0.2, 0) is 0 Å². The molecule has 0 saturated carbocycles. The number of carbonyl (C=O) groups is 1. The maximum atomic E-state index is 12.1. The molecule has 2 aromatic heterocycles. The molecule has 0 aliphatic rings. The summed E-state index contributed by atoms with van der Waals surface area (Å²) in [7, 11) is 0. The van der Waals surface area contributed by atoms with Gasteiger partial charge in [0.15, 0.2) is 5.78 Å². The van der Waals surface area contributed by atoms with Crippen LogP contribution in [0.5, 0.6) is 5.88 Å². The number of allylic oxidation sites excluding steroid dienone is 1. The third-order valence-corrected chi connectivity index (χ3v) is 2.66. The summed E-state index contributed by atoms with van der Waals surface area (Å²) >= 11 is 0. The summed E-state index contributed by atoms with van der Waals surface area (Å²) in [5, 5.41) is 0.611. The lowest BCUT2D eigenvalue weighted by molar-refractivity contribution is 0.104. The summed E-state index contributed by atoms with van der Waals surface area (Å²) in [4.78, 5) is 23.3. The number of nitrogens with one attached hydrogen (secondary N) is 1. The molecule has 6 nitrogen and oxygen atoms in total. The standard InChI is InChI=1S/C14H18N4O2/c1-9(2)7-20-14-12-10(11(19)4-3-5-15)6-16-13(12)17-8-18-14/h3-4,6,8-9H,5,7,15H2,1-2H3,(H,16,17,18)/b4-3+. The predicted molar refractivity (Wildman–Crippen MR) is 76.7 cm³/mol. The normalized spacial score (nSPS) is 11.6. The largest absolute Gasteiger partial charge is 0.477 e. The number of aromatic amines is 1. The molecule has 0 spiro atoms. The van der Waals surface area contributed by atoms with E-state index in [1.807, 2.05) is 13.8 Å². The number of fused-ring (bicyclic) bond motifs is 1. The highest BCUT2D eigenvalue weighted by molar-refractivity contribution is 6.13. The van der Waals surface area contributed by atoms with E-state index in [2.05, 4.69) is 15.0 Å². The number of nitrogens with two attached hydrogens (primary N) is 1. The summed E-state index contributed by atoms with van der Waals surface area (Å²) in [5.41, 5.74) is 6.43. The Hall–Kier alpha value is -2.21. The summed E-state index contributed by atoms with van der Waals surface area (Å²) in [6, 6.07) is 0. The highest BCUT2D eigenvalue weighted by atomic mass is 16.5. The Labute approximate surface area is 117 Å². The number of rotatable bonds is 6. The zero-order chi connectivity index (χ0) is 14.5. The first-order chi connectivity index (χ1) is 9.63. The maximum absolute atomic E-state index is 12.1. The van der Waals surface area contributed by atoms with Gasteiger partial charge in [-0.15, -0.1) is 0 Å². The van der Waals surface area contributed by atoms with Gasteiger partial charge in [0.25, 0.3) is 0 Å². The first kappa shape index (κ1) is 14.2. The molecule has 2 rings (SSSR count). The van der Waals surface area contributed by atoms with Crippen LogP contribution in [0.4, 0.5) is 0 Å². The fraction of sp³-hybridized carbons (Fsp3) is 0.357. The van der Waals surface area contributed by atoms with Crippen LogP contribution in [0.2, 0.25) is 0 Å². The van der Waals surface area contributed by atoms with Crippen LogP contribution in [0, 0.1) is 5.92 Å². The number of carbonyl (C=O) groups excluding carboxylic acids is 1. The van der Waals surface area contributed by atoms with Crippen LogP contribution in [0.25, 0.3) is 11.0 Å². The molecule has 0 aliphatic carbocycles. The van der Waals surface area contributed by atoms with E-state index in [0.717, 1.165) is 0 Å². The first-order valence-electron chi connectivity index (χ1n) is 6.49. The van der Waals surface area contributed by atoms with Crippen LogP contribution in [0.15, 0.2) is 24.7 Å². The monoisotopic (exact) mass is 274 g/mol. The Kier molecular flexibility index (Phi) is 4.47. The third kappa shape index (κ3) is 3.03. The number of H-pyrrole nitrogens is 1. The van der Waals surface area contributed by atoms with Gasteiger partial charge in [-0.1, -0.05) is 19.9 Å². The van der Waals surface area contributed by atoms with Crippen molar-refractivity contribution >= 4 is 16.8 Å². The van der Waals surface area contributed by atoms with Gasteiger partial charge in [-0.3, -0.25) is 4.79 Å². The second-order valence-corrected chi connectivity index (χ2v) is 4.81. The molecule has 0 bridgehead atoms. The van der Waals surface area contributed by atoms with Gasteiger partial charge in [0.05, 0.1) is 17.6 Å². The highest BCUT2D eigenvalue weighted by Crippen LogP contribution is 2.26. The van der Waals surface area contributed by atoms with E-state index in [1.165, 1.54) is 12.4 Å². The quantitative estimate of drug-likeness (QED) is 0.617. The van der Waals surface area contributed by atoms with Crippen molar-refractivity contribution in [2.75, 3.05) is 13.2 Å². The molecule has 0 radical (unpaired) electrons. The van der Waals surface area contributed by atoms with Crippen molar-refractivity contribution in [1.82, 2.24) is 15.0 Å². The van der Waals surface area contributed by atoms with E-state index in [4.69, 9.17) is 10.5 Å². The molecule has 2 aromatic rings. The van der Waals surface area contributed by atoms with Crippen molar-refractivity contribution in [2.45, 2.75) is 13.8 Å². The van der Waals surface area contributed by atoms with E-state index in [0.29, 0.717) is 41.5 Å². The fourth-order valence-corrected chi connectivity index (χ4v) is 1.75. The Bertz CT molecular complexity index is 631. The van der Waals surface area contributed by atoms with Crippen LogP contribution in [0.1, 0.15) is 24.2 Å². The summed E-state index contributed by atoms with van der Waals surface area (Å²) in [5.74, 6) is 0.649. The van der Waals surface area contributed by atoms with Crippen LogP contribution in [0.3, 0.4) is 0 Å². The molecule has 106 valence electrons. The first-order valence-corrected chi connectivity index (χ1v) is 6.49. The molecule has 0 aromatic carbocycles. The van der Waals surface area contributed by atoms with Gasteiger partial charge in [-0.05, 0) is 12.0 Å².